The van der Waals surface area contributed by atoms with Crippen LogP contribution in [0.25, 0.3) is 0 Å². The van der Waals surface area contributed by atoms with Crippen molar-refractivity contribution in [3.63, 3.8) is 0 Å². The molecule has 0 spiro atoms. The third-order valence-corrected chi connectivity index (χ3v) is 3.00. The fourth-order valence-corrected chi connectivity index (χ4v) is 1.96. The first-order valence-electron chi connectivity index (χ1n) is 5.32. The van der Waals surface area contributed by atoms with Crippen LogP contribution in [0.1, 0.15) is 20.8 Å². The molecule has 0 saturated heterocycles. The van der Waals surface area contributed by atoms with Gasteiger partial charge in [-0.05, 0) is 52.9 Å². The normalized spacial score (nSPS) is 9.95. The summed E-state index contributed by atoms with van der Waals surface area (Å²) in [7, 11) is 0. The molecule has 0 atom stereocenters. The number of carboxylic acid groups (broad SMARTS) is 1. The highest BCUT2D eigenvalue weighted by Gasteiger charge is 2.09. The van der Waals surface area contributed by atoms with Gasteiger partial charge >= 0.3 is 5.97 Å². The first kappa shape index (κ1) is 13.5. The van der Waals surface area contributed by atoms with Crippen molar-refractivity contribution in [3.05, 3.63) is 57.4 Å². The van der Waals surface area contributed by atoms with Crippen LogP contribution in [0.5, 0.6) is 0 Å². The number of amides is 1. The smallest absolute Gasteiger partial charge is 0.337 e. The summed E-state index contributed by atoms with van der Waals surface area (Å²) in [6.07, 6.45) is 1.16. The zero-order chi connectivity index (χ0) is 13.8. The van der Waals surface area contributed by atoms with Gasteiger partial charge < -0.3 is 10.4 Å². The van der Waals surface area contributed by atoms with Crippen LogP contribution in [0.3, 0.4) is 0 Å². The standard InChI is InChI=1S/C13H9IN2O3/c14-9-2-1-3-10(6-9)16-12(17)11-5-4-8(7-15-11)13(18)19/h1-7H,(H,16,17)(H,18,19). The molecule has 2 N–H and O–H groups in total. The second kappa shape index (κ2) is 5.79. The summed E-state index contributed by atoms with van der Waals surface area (Å²) < 4.78 is 1.00. The van der Waals surface area contributed by atoms with Gasteiger partial charge in [-0.15, -0.1) is 0 Å². The maximum absolute atomic E-state index is 11.9. The maximum atomic E-state index is 11.9. The fraction of sp³-hybridized carbons (Fsp3) is 0. The van der Waals surface area contributed by atoms with Crippen molar-refractivity contribution in [1.82, 2.24) is 4.98 Å². The van der Waals surface area contributed by atoms with Crippen LogP contribution in [0.4, 0.5) is 5.69 Å². The number of hydrogen-bond acceptors (Lipinski definition) is 3. The third kappa shape index (κ3) is 3.50. The molecule has 1 aromatic heterocycles. The van der Waals surface area contributed by atoms with Gasteiger partial charge in [0.1, 0.15) is 5.69 Å². The van der Waals surface area contributed by atoms with Crippen LogP contribution in [-0.2, 0) is 0 Å². The molecule has 1 heterocycles. The molecule has 96 valence electrons. The van der Waals surface area contributed by atoms with Gasteiger partial charge in [0.05, 0.1) is 5.56 Å². The monoisotopic (exact) mass is 368 g/mol. The number of carbonyl (C=O) groups excluding carboxylic acids is 1. The van der Waals surface area contributed by atoms with Gasteiger partial charge in [-0.2, -0.15) is 0 Å². The summed E-state index contributed by atoms with van der Waals surface area (Å²) in [6, 6.07) is 10.1. The highest BCUT2D eigenvalue weighted by molar-refractivity contribution is 14.1. The highest BCUT2D eigenvalue weighted by atomic mass is 127. The van der Waals surface area contributed by atoms with Gasteiger partial charge in [0, 0.05) is 15.5 Å². The van der Waals surface area contributed by atoms with Gasteiger partial charge in [-0.3, -0.25) is 9.78 Å². The second-order valence-electron chi connectivity index (χ2n) is 3.70. The van der Waals surface area contributed by atoms with E-state index in [2.05, 4.69) is 32.9 Å². The van der Waals surface area contributed by atoms with Crippen LogP contribution in [0, 0.1) is 3.57 Å². The minimum atomic E-state index is -1.07. The number of nitrogens with zero attached hydrogens (tertiary/aromatic N) is 1. The molecule has 1 aromatic carbocycles. The Balaban J connectivity index is 2.14. The molecular formula is C13H9IN2O3. The summed E-state index contributed by atoms with van der Waals surface area (Å²) in [5.41, 5.74) is 0.885. The number of rotatable bonds is 3. The van der Waals surface area contributed by atoms with Crippen molar-refractivity contribution in [2.24, 2.45) is 0 Å². The number of carboxylic acids is 1. The van der Waals surface area contributed by atoms with Crippen molar-refractivity contribution < 1.29 is 14.7 Å². The lowest BCUT2D eigenvalue weighted by Crippen LogP contribution is -2.14. The van der Waals surface area contributed by atoms with E-state index < -0.39 is 5.97 Å². The number of halogens is 1. The van der Waals surface area contributed by atoms with Crippen molar-refractivity contribution >= 4 is 40.2 Å². The molecule has 19 heavy (non-hydrogen) atoms. The van der Waals surface area contributed by atoms with Crippen molar-refractivity contribution in [1.29, 1.82) is 0 Å². The summed E-state index contributed by atoms with van der Waals surface area (Å²) >= 11 is 2.15. The van der Waals surface area contributed by atoms with Crippen molar-refractivity contribution in [2.75, 3.05) is 5.32 Å². The number of carbonyl (C=O) groups is 2. The van der Waals surface area contributed by atoms with Crippen LogP contribution in [-0.4, -0.2) is 22.0 Å². The molecule has 0 aliphatic rings. The van der Waals surface area contributed by atoms with E-state index in [9.17, 15) is 9.59 Å². The molecule has 0 aliphatic carbocycles. The Labute approximate surface area is 122 Å². The minimum absolute atomic E-state index is 0.0470. The highest BCUT2D eigenvalue weighted by Crippen LogP contribution is 2.13. The molecule has 5 nitrogen and oxygen atoms in total. The van der Waals surface area contributed by atoms with Gasteiger partial charge in [-0.1, -0.05) is 6.07 Å². The molecule has 1 amide bonds. The summed E-state index contributed by atoms with van der Waals surface area (Å²) in [5.74, 6) is -1.45. The van der Waals surface area contributed by atoms with E-state index in [0.717, 1.165) is 9.77 Å². The molecule has 0 radical (unpaired) electrons. The van der Waals surface area contributed by atoms with Gasteiger partial charge in [0.25, 0.3) is 5.91 Å². The average molecular weight is 368 g/mol. The molecule has 0 unspecified atom stereocenters. The zero-order valence-corrected chi connectivity index (χ0v) is 11.8. The quantitative estimate of drug-likeness (QED) is 0.817. The third-order valence-electron chi connectivity index (χ3n) is 2.33. The molecule has 0 fully saturated rings. The maximum Gasteiger partial charge on any atom is 0.337 e. The number of pyridine rings is 1. The van der Waals surface area contributed by atoms with E-state index in [1.165, 1.54) is 12.1 Å². The molecule has 6 heteroatoms. The predicted molar refractivity (Wildman–Crippen MR) is 78.3 cm³/mol. The Kier molecular flexibility index (Phi) is 4.10. The van der Waals surface area contributed by atoms with E-state index in [1.807, 2.05) is 18.2 Å². The Morgan fingerprint density at radius 3 is 2.58 bits per heavy atom. The van der Waals surface area contributed by atoms with Crippen LogP contribution >= 0.6 is 22.6 Å². The van der Waals surface area contributed by atoms with Crippen LogP contribution < -0.4 is 5.32 Å². The summed E-state index contributed by atoms with van der Waals surface area (Å²) in [5, 5.41) is 11.4. The van der Waals surface area contributed by atoms with Gasteiger partial charge in [0.15, 0.2) is 0 Å². The lowest BCUT2D eigenvalue weighted by Gasteiger charge is -2.05. The topological polar surface area (TPSA) is 79.3 Å². The minimum Gasteiger partial charge on any atom is -0.478 e. The van der Waals surface area contributed by atoms with E-state index >= 15 is 0 Å². The number of anilines is 1. The molecule has 0 bridgehead atoms. The van der Waals surface area contributed by atoms with Crippen molar-refractivity contribution in [2.45, 2.75) is 0 Å². The van der Waals surface area contributed by atoms with E-state index in [-0.39, 0.29) is 17.2 Å². The average Bonchev–Trinajstić information content (AvgIpc) is 2.39. The van der Waals surface area contributed by atoms with Crippen LogP contribution in [0.15, 0.2) is 42.6 Å². The first-order chi connectivity index (χ1) is 9.06. The molecule has 2 aromatic rings. The van der Waals surface area contributed by atoms with Gasteiger partial charge in [0.2, 0.25) is 0 Å². The van der Waals surface area contributed by atoms with E-state index in [1.54, 1.807) is 6.07 Å². The molecule has 2 rings (SSSR count). The fourth-order valence-electron chi connectivity index (χ4n) is 1.42. The SMILES string of the molecule is O=C(O)c1ccc(C(=O)Nc2cccc(I)c2)nc1. The second-order valence-corrected chi connectivity index (χ2v) is 4.95. The molecule has 0 aliphatic heterocycles. The van der Waals surface area contributed by atoms with Crippen molar-refractivity contribution in [3.8, 4) is 0 Å². The van der Waals surface area contributed by atoms with E-state index in [0.29, 0.717) is 5.69 Å². The Hall–Kier alpha value is -1.96. The zero-order valence-electron chi connectivity index (χ0n) is 9.63. The van der Waals surface area contributed by atoms with Gasteiger partial charge in [-0.25, -0.2) is 4.79 Å². The number of benzene rings is 1. The van der Waals surface area contributed by atoms with Crippen LogP contribution in [0.2, 0.25) is 0 Å². The Morgan fingerprint density at radius 1 is 1.21 bits per heavy atom. The Morgan fingerprint density at radius 2 is 2.00 bits per heavy atom. The lowest BCUT2D eigenvalue weighted by atomic mass is 10.2. The lowest BCUT2D eigenvalue weighted by molar-refractivity contribution is 0.0696. The molecule has 0 saturated carbocycles. The number of aromatic carboxylic acids is 1. The molecular weight excluding hydrogens is 359 g/mol. The largest absolute Gasteiger partial charge is 0.478 e. The predicted octanol–water partition coefficient (Wildman–Crippen LogP) is 2.64. The first-order valence-corrected chi connectivity index (χ1v) is 6.40. The summed E-state index contributed by atoms with van der Waals surface area (Å²) in [4.78, 5) is 26.4. The summed E-state index contributed by atoms with van der Waals surface area (Å²) in [6.45, 7) is 0. The number of hydrogen-bond donors (Lipinski definition) is 2. The number of nitrogens with one attached hydrogen (secondary N) is 1. The Bertz CT molecular complexity index is 626. The van der Waals surface area contributed by atoms with E-state index in [4.69, 9.17) is 5.11 Å². The number of aromatic nitrogens is 1.